The molecule has 2 heterocycles. The minimum atomic E-state index is -2.67. The number of rotatable bonds is 11. The van der Waals surface area contributed by atoms with Gasteiger partial charge in [-0.1, -0.05) is 0 Å². The lowest BCUT2D eigenvalue weighted by molar-refractivity contribution is -0.358. The molecule has 212 valence electrons. The molecule has 2 rings (SSSR count). The van der Waals surface area contributed by atoms with Crippen molar-refractivity contribution < 1.29 is 94.3 Å². The summed E-state index contributed by atoms with van der Waals surface area (Å²) >= 11 is 0. The molecule has 19 nitrogen and oxygen atoms in total. The lowest BCUT2D eigenvalue weighted by atomic mass is 9.96. The van der Waals surface area contributed by atoms with Gasteiger partial charge in [-0.15, -0.1) is 0 Å². The number of aliphatic hydroxyl groups excluding tert-OH is 8. The first-order valence-corrected chi connectivity index (χ1v) is 10.3. The maximum Gasteiger partial charge on any atom is 0.335 e. The van der Waals surface area contributed by atoms with Crippen molar-refractivity contribution in [3.63, 3.8) is 0 Å². The van der Waals surface area contributed by atoms with Crippen molar-refractivity contribution in [1.29, 1.82) is 0 Å². The number of carbonyl (C=O) groups is 4. The second-order valence-electron chi connectivity index (χ2n) is 8.08. The van der Waals surface area contributed by atoms with Gasteiger partial charge in [0.15, 0.2) is 37.2 Å². The van der Waals surface area contributed by atoms with Crippen molar-refractivity contribution in [2.45, 2.75) is 85.8 Å². The fraction of sp³-hybridized carbons (Fsp3) is 0.778. The lowest BCUT2D eigenvalue weighted by Gasteiger charge is -2.45. The summed E-state index contributed by atoms with van der Waals surface area (Å²) in [6, 6.07) is 0. The van der Waals surface area contributed by atoms with Gasteiger partial charge in [0.2, 0.25) is 0 Å². The van der Waals surface area contributed by atoms with Crippen LogP contribution < -0.4 is 0 Å². The zero-order valence-corrected chi connectivity index (χ0v) is 18.3. The fourth-order valence-electron chi connectivity index (χ4n) is 3.53. The Kier molecular flexibility index (Phi) is 10.4. The Morgan fingerprint density at radius 1 is 0.730 bits per heavy atom. The summed E-state index contributed by atoms with van der Waals surface area (Å²) in [5.74, 6) is -5.79. The van der Waals surface area contributed by atoms with E-state index in [0.29, 0.717) is 0 Å². The molecular formula is C18H26O19. The van der Waals surface area contributed by atoms with Gasteiger partial charge in [0.1, 0.15) is 54.9 Å². The second kappa shape index (κ2) is 12.4. The highest BCUT2D eigenvalue weighted by atomic mass is 16.7. The molecule has 0 aromatic rings. The van der Waals surface area contributed by atoms with Crippen LogP contribution in [-0.4, -0.2) is 166 Å². The third kappa shape index (κ3) is 6.54. The second-order valence-corrected chi connectivity index (χ2v) is 8.08. The molecule has 0 bridgehead atoms. The van der Waals surface area contributed by atoms with Crippen molar-refractivity contribution in [1.82, 2.24) is 0 Å². The number of ether oxygens (including phenoxy) is 4. The molecule has 2 aliphatic heterocycles. The van der Waals surface area contributed by atoms with E-state index in [1.807, 2.05) is 0 Å². The van der Waals surface area contributed by atoms with Crippen molar-refractivity contribution in [3.05, 3.63) is 0 Å². The van der Waals surface area contributed by atoms with Crippen LogP contribution in [0.2, 0.25) is 0 Å². The standard InChI is InChI=1S/C18H26O19/c19-1-2(20)3(21)10(9(27)14(28)29)34-18-8(26)6(24)11(13(37-18)16(32)33)35-17-7(25)4(22)5(23)12(36-17)15(30)31/h1-13,17-18,20-27H,(H,28,29)(H,30,31)(H,32,33)/t2-,3-,4+,5+,6-,7-,8-,9-,10+,11+,12-,13+,17+,18-/m0/s1. The van der Waals surface area contributed by atoms with Gasteiger partial charge in [0.25, 0.3) is 0 Å². The molecule has 11 N–H and O–H groups in total. The SMILES string of the molecule is O=C[C@H](O)[C@H](O)[C@@H](O[C@H]1O[C@@H](C(=O)O)[C@H](O[C@@H]2O[C@H](C(=O)O)[C@H](O)[C@@H](O)[C@@H]2O)[C@@H](O)[C@@H]1O)[C@H](O)C(=O)O. The molecule has 0 spiro atoms. The molecule has 0 saturated carbocycles. The van der Waals surface area contributed by atoms with Crippen LogP contribution in [0.15, 0.2) is 0 Å². The number of aldehydes is 1. The van der Waals surface area contributed by atoms with E-state index in [-0.39, 0.29) is 6.29 Å². The normalized spacial score (nSPS) is 39.7. The molecule has 0 aromatic heterocycles. The first-order chi connectivity index (χ1) is 17.1. The van der Waals surface area contributed by atoms with Gasteiger partial charge in [-0.3, -0.25) is 0 Å². The lowest BCUT2D eigenvalue weighted by Crippen LogP contribution is -2.66. The zero-order valence-electron chi connectivity index (χ0n) is 18.3. The Morgan fingerprint density at radius 2 is 1.24 bits per heavy atom. The Morgan fingerprint density at radius 3 is 1.73 bits per heavy atom. The van der Waals surface area contributed by atoms with Crippen LogP contribution in [0.25, 0.3) is 0 Å². The highest BCUT2D eigenvalue weighted by molar-refractivity contribution is 5.74. The fourth-order valence-corrected chi connectivity index (χ4v) is 3.53. The van der Waals surface area contributed by atoms with E-state index in [0.717, 1.165) is 0 Å². The Labute approximate surface area is 205 Å². The summed E-state index contributed by atoms with van der Waals surface area (Å²) in [6.07, 6.45) is -32.6. The maximum absolute atomic E-state index is 11.8. The molecule has 19 heteroatoms. The number of hydrogen-bond acceptors (Lipinski definition) is 16. The van der Waals surface area contributed by atoms with Crippen LogP contribution in [0, 0.1) is 0 Å². The monoisotopic (exact) mass is 546 g/mol. The maximum atomic E-state index is 11.8. The number of carboxylic acid groups (broad SMARTS) is 3. The molecular weight excluding hydrogens is 520 g/mol. The molecule has 0 amide bonds. The third-order valence-corrected chi connectivity index (χ3v) is 5.57. The van der Waals surface area contributed by atoms with E-state index < -0.39 is 104 Å². The van der Waals surface area contributed by atoms with Crippen LogP contribution in [-0.2, 0) is 38.1 Å². The average Bonchev–Trinajstić information content (AvgIpc) is 2.84. The van der Waals surface area contributed by atoms with Gasteiger partial charge in [-0.05, 0) is 0 Å². The number of hydrogen-bond donors (Lipinski definition) is 11. The summed E-state index contributed by atoms with van der Waals surface area (Å²) in [7, 11) is 0. The summed E-state index contributed by atoms with van der Waals surface area (Å²) < 4.78 is 19.8. The number of carboxylic acids is 3. The van der Waals surface area contributed by atoms with Gasteiger partial charge in [-0.2, -0.15) is 0 Å². The zero-order chi connectivity index (χ0) is 28.4. The van der Waals surface area contributed by atoms with E-state index in [2.05, 4.69) is 0 Å². The van der Waals surface area contributed by atoms with Crippen LogP contribution in [0.4, 0.5) is 0 Å². The van der Waals surface area contributed by atoms with Crippen LogP contribution >= 0.6 is 0 Å². The van der Waals surface area contributed by atoms with Crippen molar-refractivity contribution >= 4 is 24.2 Å². The largest absolute Gasteiger partial charge is 0.479 e. The van der Waals surface area contributed by atoms with Crippen LogP contribution in [0.5, 0.6) is 0 Å². The van der Waals surface area contributed by atoms with Gasteiger partial charge in [-0.25, -0.2) is 14.4 Å². The Balaban J connectivity index is 2.30. The van der Waals surface area contributed by atoms with Crippen molar-refractivity contribution in [2.75, 3.05) is 0 Å². The molecule has 2 aliphatic rings. The Bertz CT molecular complexity index is 836. The van der Waals surface area contributed by atoms with Gasteiger partial charge in [0, 0.05) is 0 Å². The number of aliphatic hydroxyl groups is 8. The molecule has 2 fully saturated rings. The summed E-state index contributed by atoms with van der Waals surface area (Å²) in [5, 5.41) is 107. The topological polar surface area (TPSA) is 328 Å². The minimum absolute atomic E-state index is 0.252. The van der Waals surface area contributed by atoms with E-state index in [1.54, 1.807) is 0 Å². The summed E-state index contributed by atoms with van der Waals surface area (Å²) in [4.78, 5) is 44.9. The van der Waals surface area contributed by atoms with Crippen LogP contribution in [0.3, 0.4) is 0 Å². The van der Waals surface area contributed by atoms with Crippen LogP contribution in [0.1, 0.15) is 0 Å². The average molecular weight is 546 g/mol. The van der Waals surface area contributed by atoms with Crippen molar-refractivity contribution in [2.24, 2.45) is 0 Å². The predicted octanol–water partition coefficient (Wildman–Crippen LogP) is -7.45. The number of aliphatic carboxylic acids is 3. The van der Waals surface area contributed by atoms with Gasteiger partial charge < -0.3 is 79.9 Å². The van der Waals surface area contributed by atoms with E-state index >= 15 is 0 Å². The predicted molar refractivity (Wildman–Crippen MR) is 104 cm³/mol. The highest BCUT2D eigenvalue weighted by Crippen LogP contribution is 2.31. The minimum Gasteiger partial charge on any atom is -0.479 e. The van der Waals surface area contributed by atoms with E-state index in [1.165, 1.54) is 0 Å². The van der Waals surface area contributed by atoms with Crippen molar-refractivity contribution in [3.8, 4) is 0 Å². The van der Waals surface area contributed by atoms with Gasteiger partial charge in [0.05, 0.1) is 0 Å². The molecule has 0 aliphatic carbocycles. The smallest absolute Gasteiger partial charge is 0.335 e. The first kappa shape index (κ1) is 30.8. The molecule has 14 atom stereocenters. The molecule has 0 aromatic carbocycles. The van der Waals surface area contributed by atoms with E-state index in [4.69, 9.17) is 29.2 Å². The number of carbonyl (C=O) groups excluding carboxylic acids is 1. The van der Waals surface area contributed by atoms with E-state index in [9.17, 15) is 65.1 Å². The quantitative estimate of drug-likeness (QED) is 0.107. The molecule has 0 unspecified atom stereocenters. The molecule has 0 radical (unpaired) electrons. The summed E-state index contributed by atoms with van der Waals surface area (Å²) in [6.45, 7) is 0. The van der Waals surface area contributed by atoms with Gasteiger partial charge >= 0.3 is 17.9 Å². The summed E-state index contributed by atoms with van der Waals surface area (Å²) in [5.41, 5.74) is 0. The highest BCUT2D eigenvalue weighted by Gasteiger charge is 2.55. The molecule has 2 saturated heterocycles. The first-order valence-electron chi connectivity index (χ1n) is 10.3. The molecule has 37 heavy (non-hydrogen) atoms. The third-order valence-electron chi connectivity index (χ3n) is 5.57. The Hall–Kier alpha value is -2.40.